The molecule has 114 valence electrons. The standard InChI is InChI=1S/C16H18F2O3/c17-14(18)21-12-5-3-11(4-6-12)16(13(19)20)9-15(10-16)7-1-2-8-15/h3-6,14H,1-2,7-10H2,(H,19,20). The molecule has 0 aromatic heterocycles. The number of alkyl halides is 2. The Labute approximate surface area is 121 Å². The van der Waals surface area contributed by atoms with Gasteiger partial charge in [0, 0.05) is 0 Å². The summed E-state index contributed by atoms with van der Waals surface area (Å²) in [6, 6.07) is 6.05. The Morgan fingerprint density at radius 2 is 1.71 bits per heavy atom. The van der Waals surface area contributed by atoms with E-state index in [0.717, 1.165) is 12.8 Å². The first-order valence-electron chi connectivity index (χ1n) is 7.25. The number of carbonyl (C=O) groups is 1. The van der Waals surface area contributed by atoms with E-state index in [-0.39, 0.29) is 11.2 Å². The Kier molecular flexibility index (Phi) is 3.38. The molecule has 0 amide bonds. The SMILES string of the molecule is O=C(O)C1(c2ccc(OC(F)F)cc2)CC2(CCCC2)C1. The zero-order valence-corrected chi connectivity index (χ0v) is 11.6. The van der Waals surface area contributed by atoms with Crippen LogP contribution in [0.2, 0.25) is 0 Å². The Morgan fingerprint density at radius 3 is 2.19 bits per heavy atom. The van der Waals surface area contributed by atoms with Gasteiger partial charge in [0.05, 0.1) is 5.41 Å². The smallest absolute Gasteiger partial charge is 0.387 e. The molecule has 2 aliphatic carbocycles. The van der Waals surface area contributed by atoms with Gasteiger partial charge in [-0.1, -0.05) is 25.0 Å². The third kappa shape index (κ3) is 2.39. The van der Waals surface area contributed by atoms with Crippen molar-refractivity contribution in [2.75, 3.05) is 0 Å². The van der Waals surface area contributed by atoms with Gasteiger partial charge in [-0.25, -0.2) is 0 Å². The van der Waals surface area contributed by atoms with Crippen LogP contribution in [0.3, 0.4) is 0 Å². The van der Waals surface area contributed by atoms with Gasteiger partial charge in [0.1, 0.15) is 5.75 Å². The zero-order chi connectivity index (χ0) is 15.1. The monoisotopic (exact) mass is 296 g/mol. The van der Waals surface area contributed by atoms with Crippen LogP contribution in [0.5, 0.6) is 5.75 Å². The third-order valence-electron chi connectivity index (χ3n) is 5.06. The van der Waals surface area contributed by atoms with E-state index >= 15 is 0 Å². The molecule has 0 aliphatic heterocycles. The van der Waals surface area contributed by atoms with Crippen molar-refractivity contribution in [3.05, 3.63) is 29.8 Å². The number of ether oxygens (including phenoxy) is 1. The van der Waals surface area contributed by atoms with Crippen LogP contribution in [0.4, 0.5) is 8.78 Å². The van der Waals surface area contributed by atoms with Gasteiger partial charge < -0.3 is 9.84 Å². The molecule has 1 N–H and O–H groups in total. The van der Waals surface area contributed by atoms with Crippen molar-refractivity contribution >= 4 is 5.97 Å². The molecule has 2 saturated carbocycles. The normalized spacial score (nSPS) is 22.2. The lowest BCUT2D eigenvalue weighted by Crippen LogP contribution is -2.53. The number of hydrogen-bond acceptors (Lipinski definition) is 2. The Balaban J connectivity index is 1.81. The van der Waals surface area contributed by atoms with Crippen LogP contribution in [0, 0.1) is 5.41 Å². The molecule has 0 saturated heterocycles. The minimum atomic E-state index is -2.87. The van der Waals surface area contributed by atoms with Crippen LogP contribution in [-0.4, -0.2) is 17.7 Å². The molecule has 0 heterocycles. The van der Waals surface area contributed by atoms with E-state index in [1.165, 1.54) is 25.0 Å². The van der Waals surface area contributed by atoms with Crippen molar-refractivity contribution in [3.8, 4) is 5.75 Å². The molecule has 3 rings (SSSR count). The van der Waals surface area contributed by atoms with E-state index in [1.807, 2.05) is 0 Å². The summed E-state index contributed by atoms with van der Waals surface area (Å²) in [6.45, 7) is -2.87. The lowest BCUT2D eigenvalue weighted by atomic mass is 9.49. The molecule has 2 aliphatic rings. The van der Waals surface area contributed by atoms with E-state index in [4.69, 9.17) is 0 Å². The van der Waals surface area contributed by atoms with Gasteiger partial charge in [-0.2, -0.15) is 8.78 Å². The summed E-state index contributed by atoms with van der Waals surface area (Å²) in [5, 5.41) is 9.64. The molecule has 3 nitrogen and oxygen atoms in total. The highest BCUT2D eigenvalue weighted by atomic mass is 19.3. The predicted octanol–water partition coefficient (Wildman–Crippen LogP) is 3.96. The maximum Gasteiger partial charge on any atom is 0.387 e. The van der Waals surface area contributed by atoms with Crippen LogP contribution in [0.1, 0.15) is 44.1 Å². The van der Waals surface area contributed by atoms with Crippen molar-refractivity contribution in [2.45, 2.75) is 50.6 Å². The van der Waals surface area contributed by atoms with Crippen LogP contribution >= 0.6 is 0 Å². The molecular formula is C16H18F2O3. The molecule has 0 unspecified atom stereocenters. The average Bonchev–Trinajstić information content (AvgIpc) is 2.85. The fourth-order valence-corrected chi connectivity index (χ4v) is 4.14. The lowest BCUT2D eigenvalue weighted by Gasteiger charge is -2.52. The van der Waals surface area contributed by atoms with Crippen LogP contribution in [-0.2, 0) is 10.2 Å². The second kappa shape index (κ2) is 4.97. The highest BCUT2D eigenvalue weighted by Crippen LogP contribution is 2.63. The number of rotatable bonds is 4. The number of aliphatic carboxylic acids is 1. The van der Waals surface area contributed by atoms with Gasteiger partial charge in [-0.05, 0) is 48.8 Å². The number of halogens is 2. The summed E-state index contributed by atoms with van der Waals surface area (Å²) < 4.78 is 28.6. The summed E-state index contributed by atoms with van der Waals surface area (Å²) in [6.07, 6.45) is 5.88. The number of carboxylic acids is 1. The van der Waals surface area contributed by atoms with Crippen LogP contribution in [0.15, 0.2) is 24.3 Å². The second-order valence-electron chi connectivity index (χ2n) is 6.35. The largest absolute Gasteiger partial charge is 0.481 e. The van der Waals surface area contributed by atoms with Crippen molar-refractivity contribution in [2.24, 2.45) is 5.41 Å². The van der Waals surface area contributed by atoms with E-state index in [2.05, 4.69) is 4.74 Å². The zero-order valence-electron chi connectivity index (χ0n) is 11.6. The van der Waals surface area contributed by atoms with Crippen LogP contribution in [0.25, 0.3) is 0 Å². The minimum Gasteiger partial charge on any atom is -0.481 e. The molecule has 0 radical (unpaired) electrons. The van der Waals surface area contributed by atoms with Crippen molar-refractivity contribution < 1.29 is 23.4 Å². The Bertz CT molecular complexity index is 525. The van der Waals surface area contributed by atoms with Gasteiger partial charge in [-0.3, -0.25) is 4.79 Å². The van der Waals surface area contributed by atoms with Gasteiger partial charge in [0.15, 0.2) is 0 Å². The van der Waals surface area contributed by atoms with E-state index in [1.54, 1.807) is 12.1 Å². The molecule has 1 aromatic carbocycles. The highest BCUT2D eigenvalue weighted by molar-refractivity contribution is 5.83. The van der Waals surface area contributed by atoms with Crippen molar-refractivity contribution in [1.82, 2.24) is 0 Å². The second-order valence-corrected chi connectivity index (χ2v) is 6.35. The minimum absolute atomic E-state index is 0.0594. The van der Waals surface area contributed by atoms with Crippen LogP contribution < -0.4 is 4.74 Å². The average molecular weight is 296 g/mol. The molecular weight excluding hydrogens is 278 g/mol. The lowest BCUT2D eigenvalue weighted by molar-refractivity contribution is -0.154. The highest BCUT2D eigenvalue weighted by Gasteiger charge is 2.60. The van der Waals surface area contributed by atoms with Gasteiger partial charge >= 0.3 is 12.6 Å². The van der Waals surface area contributed by atoms with Gasteiger partial charge in [0.2, 0.25) is 0 Å². The van der Waals surface area contributed by atoms with Crippen molar-refractivity contribution in [1.29, 1.82) is 0 Å². The molecule has 0 bridgehead atoms. The Hall–Kier alpha value is -1.65. The van der Waals surface area contributed by atoms with E-state index in [0.29, 0.717) is 18.4 Å². The summed E-state index contributed by atoms with van der Waals surface area (Å²) in [5.74, 6) is -0.758. The number of carboxylic acid groups (broad SMARTS) is 1. The number of benzene rings is 1. The van der Waals surface area contributed by atoms with Gasteiger partial charge in [-0.15, -0.1) is 0 Å². The first-order valence-corrected chi connectivity index (χ1v) is 7.25. The summed E-state index contributed by atoms with van der Waals surface area (Å²) in [4.78, 5) is 11.8. The van der Waals surface area contributed by atoms with Gasteiger partial charge in [0.25, 0.3) is 0 Å². The first kappa shape index (κ1) is 14.3. The molecule has 2 fully saturated rings. The topological polar surface area (TPSA) is 46.5 Å². The molecule has 1 spiro atoms. The predicted molar refractivity (Wildman–Crippen MR) is 72.5 cm³/mol. The summed E-state index contributed by atoms with van der Waals surface area (Å²) in [5.41, 5.74) is 0.0266. The molecule has 1 aromatic rings. The molecule has 5 heteroatoms. The quantitative estimate of drug-likeness (QED) is 0.914. The molecule has 21 heavy (non-hydrogen) atoms. The fourth-order valence-electron chi connectivity index (χ4n) is 4.14. The fraction of sp³-hybridized carbons (Fsp3) is 0.562. The number of hydrogen-bond donors (Lipinski definition) is 1. The van der Waals surface area contributed by atoms with E-state index in [9.17, 15) is 18.7 Å². The Morgan fingerprint density at radius 1 is 1.14 bits per heavy atom. The maximum absolute atomic E-state index is 12.1. The van der Waals surface area contributed by atoms with E-state index < -0.39 is 18.0 Å². The maximum atomic E-state index is 12.1. The summed E-state index contributed by atoms with van der Waals surface area (Å²) >= 11 is 0. The first-order chi connectivity index (χ1) is 9.96. The molecule has 0 atom stereocenters. The van der Waals surface area contributed by atoms with Crippen molar-refractivity contribution in [3.63, 3.8) is 0 Å². The third-order valence-corrected chi connectivity index (χ3v) is 5.06. The summed E-state index contributed by atoms with van der Waals surface area (Å²) in [7, 11) is 0.